The Labute approximate surface area is 128 Å². The van der Waals surface area contributed by atoms with E-state index in [1.165, 1.54) is 11.9 Å². The van der Waals surface area contributed by atoms with Gasteiger partial charge in [-0.3, -0.25) is 9.52 Å². The molecule has 1 aromatic heterocycles. The summed E-state index contributed by atoms with van der Waals surface area (Å²) in [5.41, 5.74) is 7.86. The van der Waals surface area contributed by atoms with E-state index in [1.807, 2.05) is 38.2 Å². The average molecular weight is 307 g/mol. The summed E-state index contributed by atoms with van der Waals surface area (Å²) in [5.74, 6) is 0.513. The Morgan fingerprint density at radius 2 is 2.24 bits per heavy atom. The van der Waals surface area contributed by atoms with Gasteiger partial charge >= 0.3 is 0 Å². The van der Waals surface area contributed by atoms with Gasteiger partial charge < -0.3 is 15.5 Å². The van der Waals surface area contributed by atoms with E-state index in [0.29, 0.717) is 5.75 Å². The van der Waals surface area contributed by atoms with Gasteiger partial charge in [-0.15, -0.1) is 0 Å². The van der Waals surface area contributed by atoms with E-state index in [1.54, 1.807) is 6.26 Å². The molecule has 0 aliphatic heterocycles. The third-order valence-electron chi connectivity index (χ3n) is 2.98. The molecule has 21 heavy (non-hydrogen) atoms. The predicted octanol–water partition coefficient (Wildman–Crippen LogP) is 2.22. The van der Waals surface area contributed by atoms with Crippen molar-refractivity contribution < 1.29 is 9.53 Å². The van der Waals surface area contributed by atoms with Crippen molar-refractivity contribution in [2.75, 3.05) is 12.9 Å². The maximum Gasteiger partial charge on any atom is 0.267 e. The molecule has 0 fully saturated rings. The highest BCUT2D eigenvalue weighted by molar-refractivity contribution is 7.97. The zero-order valence-electron chi connectivity index (χ0n) is 12.5. The zero-order chi connectivity index (χ0) is 15.5. The first-order valence-corrected chi connectivity index (χ1v) is 7.95. The summed E-state index contributed by atoms with van der Waals surface area (Å²) in [6, 6.07) is 5.80. The SMILES string of the molecule is CSNC(=O)COc1cccc2c(CC(C)(C)N)c[nH]c12. The molecule has 114 valence electrons. The monoisotopic (exact) mass is 307 g/mol. The van der Waals surface area contributed by atoms with Gasteiger partial charge in [0, 0.05) is 23.4 Å². The second kappa shape index (κ2) is 6.41. The van der Waals surface area contributed by atoms with E-state index < -0.39 is 0 Å². The molecule has 2 aromatic rings. The van der Waals surface area contributed by atoms with Crippen molar-refractivity contribution in [1.29, 1.82) is 0 Å². The molecule has 0 radical (unpaired) electrons. The van der Waals surface area contributed by atoms with E-state index in [2.05, 4.69) is 9.71 Å². The number of para-hydroxylation sites is 1. The molecule has 6 heteroatoms. The Morgan fingerprint density at radius 1 is 1.48 bits per heavy atom. The fourth-order valence-electron chi connectivity index (χ4n) is 2.23. The van der Waals surface area contributed by atoms with E-state index in [4.69, 9.17) is 10.5 Å². The molecule has 5 nitrogen and oxygen atoms in total. The number of benzene rings is 1. The second-order valence-electron chi connectivity index (χ2n) is 5.68. The number of rotatable bonds is 6. The van der Waals surface area contributed by atoms with Crippen LogP contribution in [0.3, 0.4) is 0 Å². The van der Waals surface area contributed by atoms with Crippen LogP contribution in [-0.4, -0.2) is 29.3 Å². The van der Waals surface area contributed by atoms with Gasteiger partial charge in [0.1, 0.15) is 5.75 Å². The average Bonchev–Trinajstić information content (AvgIpc) is 2.78. The Hall–Kier alpha value is -1.66. The van der Waals surface area contributed by atoms with Crippen LogP contribution in [0.5, 0.6) is 5.75 Å². The third kappa shape index (κ3) is 4.15. The molecule has 1 heterocycles. The van der Waals surface area contributed by atoms with E-state index in [-0.39, 0.29) is 18.1 Å². The fourth-order valence-corrected chi connectivity index (χ4v) is 2.52. The Kier molecular flexibility index (Phi) is 4.80. The van der Waals surface area contributed by atoms with Crippen molar-refractivity contribution in [2.45, 2.75) is 25.8 Å². The maximum atomic E-state index is 11.5. The number of hydrogen-bond donors (Lipinski definition) is 3. The van der Waals surface area contributed by atoms with Crippen LogP contribution in [0, 0.1) is 0 Å². The van der Waals surface area contributed by atoms with Gasteiger partial charge in [0.05, 0.1) is 5.52 Å². The minimum absolute atomic E-state index is 0.00329. The topological polar surface area (TPSA) is 80.1 Å². The van der Waals surface area contributed by atoms with E-state index in [9.17, 15) is 4.79 Å². The fraction of sp³-hybridized carbons (Fsp3) is 0.400. The van der Waals surface area contributed by atoms with Crippen LogP contribution in [0.25, 0.3) is 10.9 Å². The molecule has 0 atom stereocenters. The summed E-state index contributed by atoms with van der Waals surface area (Å²) in [6.45, 7) is 3.99. The molecule has 1 amide bonds. The summed E-state index contributed by atoms with van der Waals surface area (Å²) in [6.07, 6.45) is 4.52. The summed E-state index contributed by atoms with van der Waals surface area (Å²) in [7, 11) is 0. The number of H-pyrrole nitrogens is 1. The number of carbonyl (C=O) groups excluding carboxylic acids is 1. The van der Waals surface area contributed by atoms with Crippen molar-refractivity contribution in [3.63, 3.8) is 0 Å². The molecular weight excluding hydrogens is 286 g/mol. The summed E-state index contributed by atoms with van der Waals surface area (Å²) < 4.78 is 8.22. The summed E-state index contributed by atoms with van der Waals surface area (Å²) >= 11 is 1.26. The highest BCUT2D eigenvalue weighted by atomic mass is 32.2. The zero-order valence-corrected chi connectivity index (χ0v) is 13.3. The summed E-state index contributed by atoms with van der Waals surface area (Å²) in [5, 5.41) is 1.08. The number of nitrogens with two attached hydrogens (primary N) is 1. The standard InChI is InChI=1S/C15H21N3O2S/c1-15(2,16)7-10-8-17-14-11(10)5-4-6-12(14)20-9-13(19)18-21-3/h4-6,8,17H,7,9,16H2,1-3H3,(H,18,19). The van der Waals surface area contributed by atoms with Crippen LogP contribution in [0.1, 0.15) is 19.4 Å². The first kappa shape index (κ1) is 15.7. The molecular formula is C15H21N3O2S. The van der Waals surface area contributed by atoms with Crippen LogP contribution < -0.4 is 15.2 Å². The molecule has 0 aliphatic rings. The van der Waals surface area contributed by atoms with Gasteiger partial charge in [0.15, 0.2) is 6.61 Å². The lowest BCUT2D eigenvalue weighted by Crippen LogP contribution is -2.34. The molecule has 0 bridgehead atoms. The highest BCUT2D eigenvalue weighted by Crippen LogP contribution is 2.28. The third-order valence-corrected chi connectivity index (χ3v) is 3.42. The lowest BCUT2D eigenvalue weighted by atomic mass is 9.96. The second-order valence-corrected chi connectivity index (χ2v) is 6.29. The first-order valence-electron chi connectivity index (χ1n) is 6.73. The molecule has 0 spiro atoms. The van der Waals surface area contributed by atoms with Crippen LogP contribution in [0.4, 0.5) is 0 Å². The predicted molar refractivity (Wildman–Crippen MR) is 87.4 cm³/mol. The van der Waals surface area contributed by atoms with Crippen molar-refractivity contribution in [1.82, 2.24) is 9.71 Å². The minimum Gasteiger partial charge on any atom is -0.482 e. The molecule has 0 saturated heterocycles. The van der Waals surface area contributed by atoms with Gasteiger partial charge in [-0.05, 0) is 31.9 Å². The van der Waals surface area contributed by atoms with Crippen LogP contribution in [0.2, 0.25) is 0 Å². The number of fused-ring (bicyclic) bond motifs is 1. The van der Waals surface area contributed by atoms with Gasteiger partial charge in [-0.1, -0.05) is 24.1 Å². The Balaban J connectivity index is 2.20. The van der Waals surface area contributed by atoms with E-state index in [0.717, 1.165) is 22.9 Å². The van der Waals surface area contributed by atoms with Gasteiger partial charge in [-0.25, -0.2) is 0 Å². The van der Waals surface area contributed by atoms with Crippen LogP contribution >= 0.6 is 11.9 Å². The van der Waals surface area contributed by atoms with Crippen molar-refractivity contribution >= 4 is 28.8 Å². The summed E-state index contributed by atoms with van der Waals surface area (Å²) in [4.78, 5) is 14.7. The number of hydrogen-bond acceptors (Lipinski definition) is 4. The maximum absolute atomic E-state index is 11.5. The Bertz CT molecular complexity index is 631. The number of nitrogens with one attached hydrogen (secondary N) is 2. The number of aromatic amines is 1. The van der Waals surface area contributed by atoms with Crippen molar-refractivity contribution in [2.24, 2.45) is 5.73 Å². The number of ether oxygens (including phenoxy) is 1. The molecule has 4 N–H and O–H groups in total. The normalized spacial score (nSPS) is 11.6. The molecule has 0 unspecified atom stereocenters. The van der Waals surface area contributed by atoms with E-state index >= 15 is 0 Å². The lowest BCUT2D eigenvalue weighted by Gasteiger charge is -2.17. The molecule has 0 saturated carbocycles. The van der Waals surface area contributed by atoms with Crippen molar-refractivity contribution in [3.8, 4) is 5.75 Å². The Morgan fingerprint density at radius 3 is 2.90 bits per heavy atom. The smallest absolute Gasteiger partial charge is 0.267 e. The quantitative estimate of drug-likeness (QED) is 0.715. The van der Waals surface area contributed by atoms with Gasteiger partial charge in [0.2, 0.25) is 0 Å². The van der Waals surface area contributed by atoms with Gasteiger partial charge in [0.25, 0.3) is 5.91 Å². The number of aromatic nitrogens is 1. The van der Waals surface area contributed by atoms with Crippen LogP contribution in [0.15, 0.2) is 24.4 Å². The molecule has 2 rings (SSSR count). The minimum atomic E-state index is -0.274. The number of amides is 1. The van der Waals surface area contributed by atoms with Crippen molar-refractivity contribution in [3.05, 3.63) is 30.0 Å². The molecule has 1 aromatic carbocycles. The lowest BCUT2D eigenvalue weighted by molar-refractivity contribution is -0.121. The molecule has 0 aliphatic carbocycles. The first-order chi connectivity index (χ1) is 9.90. The van der Waals surface area contributed by atoms with Crippen LogP contribution in [-0.2, 0) is 11.2 Å². The highest BCUT2D eigenvalue weighted by Gasteiger charge is 2.16. The van der Waals surface area contributed by atoms with Gasteiger partial charge in [-0.2, -0.15) is 0 Å². The number of carbonyl (C=O) groups is 1. The largest absolute Gasteiger partial charge is 0.482 e.